The fourth-order valence-electron chi connectivity index (χ4n) is 4.30. The molecule has 40 heavy (non-hydrogen) atoms. The molecule has 4 rings (SSSR count). The van der Waals surface area contributed by atoms with Gasteiger partial charge in [-0.25, -0.2) is 4.98 Å². The third-order valence-corrected chi connectivity index (χ3v) is 6.60. The first-order valence-corrected chi connectivity index (χ1v) is 12.9. The Morgan fingerprint density at radius 2 is 1.90 bits per heavy atom. The molecule has 1 heterocycles. The summed E-state index contributed by atoms with van der Waals surface area (Å²) in [6.07, 6.45) is 1.68. The largest absolute Gasteiger partial charge is 0.483 e. The molecule has 10 heteroatoms. The van der Waals surface area contributed by atoms with Crippen molar-refractivity contribution in [3.05, 3.63) is 87.2 Å². The minimum atomic E-state index is -0.527. The Hall–Kier alpha value is -5.17. The highest BCUT2D eigenvalue weighted by Gasteiger charge is 2.15. The molecule has 0 spiro atoms. The minimum absolute atomic E-state index is 0.127. The maximum Gasteiger partial charge on any atom is 0.271 e. The van der Waals surface area contributed by atoms with E-state index in [1.807, 2.05) is 58.0 Å². The molecule has 0 bridgehead atoms. The van der Waals surface area contributed by atoms with Crippen LogP contribution in [0.2, 0.25) is 0 Å². The summed E-state index contributed by atoms with van der Waals surface area (Å²) in [4.78, 5) is 33.2. The molecule has 0 fully saturated rings. The van der Waals surface area contributed by atoms with Gasteiger partial charge in [0, 0.05) is 48.2 Å². The Morgan fingerprint density at radius 1 is 1.15 bits per heavy atom. The van der Waals surface area contributed by atoms with Crippen molar-refractivity contribution in [1.29, 1.82) is 5.26 Å². The number of aromatic amines is 1. The molecular weight excluding hydrogens is 508 g/mol. The number of aryl methyl sites for hydroxylation is 2. The van der Waals surface area contributed by atoms with Crippen LogP contribution in [0.4, 0.5) is 17.1 Å². The highest BCUT2D eigenvalue weighted by Crippen LogP contribution is 2.30. The third-order valence-electron chi connectivity index (χ3n) is 6.60. The molecule has 10 nitrogen and oxygen atoms in total. The first-order chi connectivity index (χ1) is 19.2. The lowest BCUT2D eigenvalue weighted by Crippen LogP contribution is -2.22. The summed E-state index contributed by atoms with van der Waals surface area (Å²) in [7, 11) is 0. The van der Waals surface area contributed by atoms with Crippen molar-refractivity contribution in [2.24, 2.45) is 0 Å². The Labute approximate surface area is 232 Å². The van der Waals surface area contributed by atoms with E-state index in [0.717, 1.165) is 40.9 Å². The van der Waals surface area contributed by atoms with E-state index < -0.39 is 10.8 Å². The molecule has 1 amide bonds. The fourth-order valence-corrected chi connectivity index (χ4v) is 4.30. The number of hydrogen-bond acceptors (Lipinski definition) is 7. The van der Waals surface area contributed by atoms with E-state index in [9.17, 15) is 20.2 Å². The zero-order valence-electron chi connectivity index (χ0n) is 22.8. The van der Waals surface area contributed by atoms with Crippen molar-refractivity contribution >= 4 is 45.7 Å². The maximum atomic E-state index is 12.7. The van der Waals surface area contributed by atoms with Gasteiger partial charge in [-0.1, -0.05) is 6.07 Å². The van der Waals surface area contributed by atoms with Crippen LogP contribution >= 0.6 is 0 Å². The van der Waals surface area contributed by atoms with Crippen LogP contribution in [-0.4, -0.2) is 40.5 Å². The smallest absolute Gasteiger partial charge is 0.271 e. The highest BCUT2D eigenvalue weighted by molar-refractivity contribution is 5.93. The highest BCUT2D eigenvalue weighted by atomic mass is 16.6. The Balaban J connectivity index is 1.64. The molecule has 204 valence electrons. The molecule has 0 saturated heterocycles. The standard InChI is InChI=1S/C30H30N6O4/c1-5-35(6-2)24-11-10-21(14-22(17-31)30-33-26-12-19(3)20(4)13-27(26)34-30)28(16-24)40-18-29(37)32-23-8-7-9-25(15-23)36(38)39/h7-16H,5-6,18H2,1-4H3,(H,32,37)(H,33,34)/b22-14+. The Bertz CT molecular complexity index is 1610. The molecule has 2 N–H and O–H groups in total. The number of hydrogen-bond donors (Lipinski definition) is 2. The second kappa shape index (κ2) is 12.1. The second-order valence-corrected chi connectivity index (χ2v) is 9.25. The van der Waals surface area contributed by atoms with Crippen LogP contribution in [0.1, 0.15) is 36.4 Å². The van der Waals surface area contributed by atoms with Gasteiger partial charge in [-0.3, -0.25) is 14.9 Å². The van der Waals surface area contributed by atoms with Crippen LogP contribution < -0.4 is 15.0 Å². The summed E-state index contributed by atoms with van der Waals surface area (Å²) in [6.45, 7) is 9.34. The van der Waals surface area contributed by atoms with E-state index in [0.29, 0.717) is 28.4 Å². The summed E-state index contributed by atoms with van der Waals surface area (Å²) in [5.74, 6) is 0.367. The molecular formula is C30H30N6O4. The van der Waals surface area contributed by atoms with E-state index in [4.69, 9.17) is 4.74 Å². The van der Waals surface area contributed by atoms with Gasteiger partial charge in [-0.2, -0.15) is 5.26 Å². The molecule has 3 aromatic carbocycles. The van der Waals surface area contributed by atoms with E-state index in [2.05, 4.69) is 26.3 Å². The van der Waals surface area contributed by atoms with Gasteiger partial charge in [0.2, 0.25) is 0 Å². The predicted octanol–water partition coefficient (Wildman–Crippen LogP) is 6.02. The molecule has 1 aromatic heterocycles. The number of carbonyl (C=O) groups excluding carboxylic acids is 1. The SMILES string of the molecule is CCN(CC)c1ccc(/C=C(\C#N)c2nc3cc(C)c(C)cc3[nH]2)c(OCC(=O)Nc2cccc([N+](=O)[O-])c2)c1. The molecule has 0 saturated carbocycles. The van der Waals surface area contributed by atoms with Gasteiger partial charge in [0.05, 0.1) is 21.5 Å². The number of rotatable bonds is 10. The topological polar surface area (TPSA) is 137 Å². The molecule has 0 unspecified atom stereocenters. The lowest BCUT2D eigenvalue weighted by atomic mass is 10.1. The van der Waals surface area contributed by atoms with Crippen molar-refractivity contribution in [2.75, 3.05) is 29.9 Å². The predicted molar refractivity (Wildman–Crippen MR) is 156 cm³/mol. The van der Waals surface area contributed by atoms with Crippen molar-refractivity contribution in [1.82, 2.24) is 9.97 Å². The normalized spacial score (nSPS) is 11.2. The molecule has 0 aliphatic rings. The number of allylic oxidation sites excluding steroid dienone is 1. The van der Waals surface area contributed by atoms with Gasteiger partial charge < -0.3 is 19.9 Å². The van der Waals surface area contributed by atoms with Gasteiger partial charge in [-0.05, 0) is 75.2 Å². The molecule has 0 aliphatic carbocycles. The number of ether oxygens (including phenoxy) is 1. The zero-order valence-corrected chi connectivity index (χ0v) is 22.8. The first-order valence-electron chi connectivity index (χ1n) is 12.9. The Morgan fingerprint density at radius 3 is 2.60 bits per heavy atom. The quantitative estimate of drug-likeness (QED) is 0.143. The number of non-ortho nitro benzene ring substituents is 1. The van der Waals surface area contributed by atoms with Crippen molar-refractivity contribution < 1.29 is 14.5 Å². The first kappa shape index (κ1) is 27.9. The number of nitro benzene ring substituents is 1. The minimum Gasteiger partial charge on any atom is -0.483 e. The van der Waals surface area contributed by atoms with Crippen LogP contribution in [0.15, 0.2) is 54.6 Å². The van der Waals surface area contributed by atoms with E-state index in [1.165, 1.54) is 18.2 Å². The summed E-state index contributed by atoms with van der Waals surface area (Å²) >= 11 is 0. The van der Waals surface area contributed by atoms with Crippen LogP contribution in [0.3, 0.4) is 0 Å². The number of benzene rings is 3. The number of fused-ring (bicyclic) bond motifs is 1. The molecule has 4 aromatic rings. The molecule has 0 atom stereocenters. The number of anilines is 2. The summed E-state index contributed by atoms with van der Waals surface area (Å²) in [5, 5.41) is 23.7. The molecule has 0 aliphatic heterocycles. The number of nitrogens with zero attached hydrogens (tertiary/aromatic N) is 4. The number of aromatic nitrogens is 2. The average Bonchev–Trinajstić information content (AvgIpc) is 3.34. The van der Waals surface area contributed by atoms with Crippen molar-refractivity contribution in [3.63, 3.8) is 0 Å². The van der Waals surface area contributed by atoms with Crippen LogP contribution in [0.5, 0.6) is 5.75 Å². The lowest BCUT2D eigenvalue weighted by molar-refractivity contribution is -0.384. The lowest BCUT2D eigenvalue weighted by Gasteiger charge is -2.22. The number of H-pyrrole nitrogens is 1. The van der Waals surface area contributed by atoms with Gasteiger partial charge in [0.15, 0.2) is 6.61 Å². The van der Waals surface area contributed by atoms with Crippen LogP contribution in [0.25, 0.3) is 22.7 Å². The van der Waals surface area contributed by atoms with E-state index in [-0.39, 0.29) is 12.3 Å². The summed E-state index contributed by atoms with van der Waals surface area (Å²) in [5.41, 5.74) is 5.83. The van der Waals surface area contributed by atoms with Gasteiger partial charge in [0.1, 0.15) is 17.6 Å². The maximum absolute atomic E-state index is 12.7. The zero-order chi connectivity index (χ0) is 28.8. The van der Waals surface area contributed by atoms with Crippen LogP contribution in [0, 0.1) is 35.3 Å². The molecule has 0 radical (unpaired) electrons. The number of nitriles is 1. The van der Waals surface area contributed by atoms with Crippen molar-refractivity contribution in [2.45, 2.75) is 27.7 Å². The number of carbonyl (C=O) groups is 1. The van der Waals surface area contributed by atoms with E-state index >= 15 is 0 Å². The van der Waals surface area contributed by atoms with Gasteiger partial charge in [-0.15, -0.1) is 0 Å². The average molecular weight is 539 g/mol. The monoisotopic (exact) mass is 538 g/mol. The number of nitrogens with one attached hydrogen (secondary N) is 2. The van der Waals surface area contributed by atoms with Gasteiger partial charge >= 0.3 is 0 Å². The second-order valence-electron chi connectivity index (χ2n) is 9.25. The number of imidazole rings is 1. The third kappa shape index (κ3) is 6.27. The Kier molecular flexibility index (Phi) is 8.45. The summed E-state index contributed by atoms with van der Waals surface area (Å²) in [6, 6.07) is 17.5. The van der Waals surface area contributed by atoms with E-state index in [1.54, 1.807) is 12.1 Å². The summed E-state index contributed by atoms with van der Waals surface area (Å²) < 4.78 is 5.94. The fraction of sp³-hybridized carbons (Fsp3) is 0.233. The number of nitro groups is 1. The van der Waals surface area contributed by atoms with Crippen molar-refractivity contribution in [3.8, 4) is 11.8 Å². The van der Waals surface area contributed by atoms with Crippen LogP contribution in [-0.2, 0) is 4.79 Å². The number of amides is 1. The van der Waals surface area contributed by atoms with Gasteiger partial charge in [0.25, 0.3) is 11.6 Å².